The van der Waals surface area contributed by atoms with E-state index in [9.17, 15) is 0 Å². The number of aromatic nitrogens is 2. The van der Waals surface area contributed by atoms with Gasteiger partial charge in [-0.05, 0) is 74.2 Å². The van der Waals surface area contributed by atoms with Crippen molar-refractivity contribution in [1.82, 2.24) is 9.97 Å². The van der Waals surface area contributed by atoms with E-state index in [1.165, 1.54) is 115 Å². The van der Waals surface area contributed by atoms with Crippen LogP contribution in [0.5, 0.6) is 0 Å². The van der Waals surface area contributed by atoms with Crippen molar-refractivity contribution in [2.24, 2.45) is 23.7 Å². The Morgan fingerprint density at radius 1 is 0.613 bits per heavy atom. The number of hydrogen-bond acceptors (Lipinski definition) is 2. The summed E-state index contributed by atoms with van der Waals surface area (Å²) in [6.07, 6.45) is 30.9. The fourth-order valence-electron chi connectivity index (χ4n) is 6.29. The van der Waals surface area contributed by atoms with Gasteiger partial charge < -0.3 is 0 Å². The molecule has 2 fully saturated rings. The van der Waals surface area contributed by atoms with Crippen LogP contribution in [0.4, 0.5) is 0 Å². The van der Waals surface area contributed by atoms with E-state index >= 15 is 0 Å². The van der Waals surface area contributed by atoms with Crippen LogP contribution >= 0.6 is 0 Å². The van der Waals surface area contributed by atoms with E-state index in [1.807, 2.05) is 0 Å². The molecule has 2 nitrogen and oxygen atoms in total. The number of rotatable bonds is 13. The summed E-state index contributed by atoms with van der Waals surface area (Å²) in [7, 11) is 0. The van der Waals surface area contributed by atoms with E-state index in [0.29, 0.717) is 0 Å². The van der Waals surface area contributed by atoms with Crippen LogP contribution in [0.25, 0.3) is 0 Å². The van der Waals surface area contributed by atoms with Gasteiger partial charge in [0, 0.05) is 18.8 Å². The molecule has 1 aromatic rings. The molecule has 0 unspecified atom stereocenters. The van der Waals surface area contributed by atoms with Gasteiger partial charge in [-0.3, -0.25) is 0 Å². The highest BCUT2D eigenvalue weighted by atomic mass is 14.9. The topological polar surface area (TPSA) is 25.8 Å². The summed E-state index contributed by atoms with van der Waals surface area (Å²) >= 11 is 0. The largest absolute Gasteiger partial charge is 0.241 e. The van der Waals surface area contributed by atoms with Gasteiger partial charge in [0.05, 0.1) is 0 Å². The van der Waals surface area contributed by atoms with Crippen LogP contribution in [0.3, 0.4) is 0 Å². The third-order valence-corrected chi connectivity index (χ3v) is 8.52. The minimum atomic E-state index is 0.916. The number of unbranched alkanes of at least 4 members (excludes halogenated alkanes) is 5. The second-order valence-electron chi connectivity index (χ2n) is 10.9. The number of nitrogens with zero attached hydrogens (tertiary/aromatic N) is 2. The van der Waals surface area contributed by atoms with Crippen molar-refractivity contribution in [3.05, 3.63) is 23.8 Å². The van der Waals surface area contributed by atoms with Crippen molar-refractivity contribution in [2.45, 2.75) is 136 Å². The van der Waals surface area contributed by atoms with Crippen molar-refractivity contribution in [1.29, 1.82) is 0 Å². The maximum atomic E-state index is 4.64. The van der Waals surface area contributed by atoms with Crippen molar-refractivity contribution in [3.63, 3.8) is 0 Å². The van der Waals surface area contributed by atoms with Gasteiger partial charge in [0.2, 0.25) is 0 Å². The molecule has 0 spiro atoms. The highest BCUT2D eigenvalue weighted by molar-refractivity contribution is 5.05. The Balaban J connectivity index is 1.27. The molecule has 0 N–H and O–H groups in total. The molecule has 2 aliphatic carbocycles. The van der Waals surface area contributed by atoms with Gasteiger partial charge in [0.15, 0.2) is 0 Å². The summed E-state index contributed by atoms with van der Waals surface area (Å²) in [5.74, 6) is 5.13. The first-order valence-electron chi connectivity index (χ1n) is 14.1. The molecule has 0 aliphatic heterocycles. The molecule has 176 valence electrons. The highest BCUT2D eigenvalue weighted by Crippen LogP contribution is 2.43. The van der Waals surface area contributed by atoms with Crippen molar-refractivity contribution in [3.8, 4) is 0 Å². The lowest BCUT2D eigenvalue weighted by Crippen LogP contribution is -2.26. The summed E-state index contributed by atoms with van der Waals surface area (Å²) in [5, 5.41) is 0. The predicted octanol–water partition coefficient (Wildman–Crippen LogP) is 8.73. The van der Waals surface area contributed by atoms with Crippen LogP contribution in [-0.2, 0) is 12.8 Å². The molecular formula is C29H50N2. The van der Waals surface area contributed by atoms with E-state index in [4.69, 9.17) is 0 Å². The highest BCUT2D eigenvalue weighted by Gasteiger charge is 2.30. The van der Waals surface area contributed by atoms with E-state index in [0.717, 1.165) is 42.3 Å². The fraction of sp³-hybridized carbons (Fsp3) is 0.862. The average molecular weight is 427 g/mol. The van der Waals surface area contributed by atoms with Gasteiger partial charge in [0.1, 0.15) is 5.82 Å². The second kappa shape index (κ2) is 14.3. The van der Waals surface area contributed by atoms with Gasteiger partial charge in [-0.2, -0.15) is 0 Å². The molecule has 1 aromatic heterocycles. The molecule has 2 heteroatoms. The minimum Gasteiger partial charge on any atom is -0.241 e. The van der Waals surface area contributed by atoms with Crippen LogP contribution in [-0.4, -0.2) is 9.97 Å². The van der Waals surface area contributed by atoms with Gasteiger partial charge in [0.25, 0.3) is 0 Å². The summed E-state index contributed by atoms with van der Waals surface area (Å²) in [4.78, 5) is 9.27. The molecule has 3 rings (SSSR count). The summed E-state index contributed by atoms with van der Waals surface area (Å²) in [6.45, 7) is 4.56. The van der Waals surface area contributed by atoms with E-state index in [2.05, 4.69) is 36.2 Å². The first-order chi connectivity index (χ1) is 15.3. The predicted molar refractivity (Wildman–Crippen MR) is 133 cm³/mol. The molecule has 31 heavy (non-hydrogen) atoms. The average Bonchev–Trinajstić information content (AvgIpc) is 2.83. The lowest BCUT2D eigenvalue weighted by Gasteiger charge is -2.38. The lowest BCUT2D eigenvalue weighted by atomic mass is 9.68. The zero-order valence-corrected chi connectivity index (χ0v) is 20.8. The molecule has 2 aliphatic rings. The fourth-order valence-corrected chi connectivity index (χ4v) is 6.29. The molecule has 0 saturated heterocycles. The SMILES string of the molecule is CCCCCCC[C@H]1CC[C@H]([C@H]2CC[C@H](CCc3ncc(CCCC)cn3)CC2)CC1. The second-order valence-corrected chi connectivity index (χ2v) is 10.9. The van der Waals surface area contributed by atoms with Gasteiger partial charge >= 0.3 is 0 Å². The lowest BCUT2D eigenvalue weighted by molar-refractivity contribution is 0.140. The first kappa shape index (κ1) is 24.7. The Labute approximate surface area is 193 Å². The molecule has 0 atom stereocenters. The summed E-state index contributed by atoms with van der Waals surface area (Å²) in [6, 6.07) is 0. The monoisotopic (exact) mass is 426 g/mol. The van der Waals surface area contributed by atoms with E-state index < -0.39 is 0 Å². The van der Waals surface area contributed by atoms with E-state index in [-0.39, 0.29) is 0 Å². The Bertz CT molecular complexity index is 565. The quantitative estimate of drug-likeness (QED) is 0.295. The maximum absolute atomic E-state index is 4.64. The van der Waals surface area contributed by atoms with Crippen molar-refractivity contribution >= 4 is 0 Å². The van der Waals surface area contributed by atoms with Crippen molar-refractivity contribution in [2.75, 3.05) is 0 Å². The minimum absolute atomic E-state index is 0.916. The van der Waals surface area contributed by atoms with Crippen LogP contribution < -0.4 is 0 Å². The number of hydrogen-bond donors (Lipinski definition) is 0. The first-order valence-corrected chi connectivity index (χ1v) is 14.1. The normalized spacial score (nSPS) is 26.8. The Morgan fingerprint density at radius 2 is 1.16 bits per heavy atom. The maximum Gasteiger partial charge on any atom is 0.128 e. The van der Waals surface area contributed by atoms with Crippen LogP contribution in [0.1, 0.15) is 134 Å². The zero-order valence-electron chi connectivity index (χ0n) is 20.8. The van der Waals surface area contributed by atoms with Crippen LogP contribution in [0.15, 0.2) is 12.4 Å². The molecule has 2 saturated carbocycles. The van der Waals surface area contributed by atoms with E-state index in [1.54, 1.807) is 0 Å². The third-order valence-electron chi connectivity index (χ3n) is 8.52. The van der Waals surface area contributed by atoms with Gasteiger partial charge in [-0.1, -0.05) is 84.5 Å². The molecule has 0 bridgehead atoms. The van der Waals surface area contributed by atoms with Gasteiger partial charge in [-0.15, -0.1) is 0 Å². The molecule has 0 aromatic carbocycles. The Morgan fingerprint density at radius 3 is 1.74 bits per heavy atom. The third kappa shape index (κ3) is 8.85. The van der Waals surface area contributed by atoms with Crippen molar-refractivity contribution < 1.29 is 0 Å². The smallest absolute Gasteiger partial charge is 0.128 e. The molecular weight excluding hydrogens is 376 g/mol. The standard InChI is InChI=1S/C29H50N2/c1-3-5-7-8-9-11-24-12-17-27(18-13-24)28-19-14-25(15-20-28)16-21-29-30-22-26(23-31-29)10-6-4-2/h22-25,27-28H,3-21H2,1-2H3/t24-,25-,27-,28-. The summed E-state index contributed by atoms with van der Waals surface area (Å²) < 4.78 is 0. The number of aryl methyl sites for hydroxylation is 2. The zero-order chi connectivity index (χ0) is 21.7. The van der Waals surface area contributed by atoms with Gasteiger partial charge in [-0.25, -0.2) is 9.97 Å². The van der Waals surface area contributed by atoms with Crippen LogP contribution in [0, 0.1) is 23.7 Å². The molecule has 0 amide bonds. The summed E-state index contributed by atoms with van der Waals surface area (Å²) in [5.41, 5.74) is 1.30. The Kier molecular flexibility index (Phi) is 11.4. The molecule has 1 heterocycles. The molecule has 0 radical (unpaired) electrons. The van der Waals surface area contributed by atoms with Crippen LogP contribution in [0.2, 0.25) is 0 Å². The Hall–Kier alpha value is -0.920.